The van der Waals surface area contributed by atoms with Crippen LogP contribution in [0.1, 0.15) is 18.2 Å². The Balaban J connectivity index is 2.89. The number of aromatic nitrogens is 1. The van der Waals surface area contributed by atoms with Gasteiger partial charge in [-0.15, -0.1) is 0 Å². The Morgan fingerprint density at radius 3 is 2.92 bits per heavy atom. The smallest absolute Gasteiger partial charge is 0.135 e. The summed E-state index contributed by atoms with van der Waals surface area (Å²) >= 11 is 0. The van der Waals surface area contributed by atoms with Crippen LogP contribution in [0, 0.1) is 0 Å². The number of hydrogen-bond donors (Lipinski definition) is 0. The molecule has 0 aromatic carbocycles. The van der Waals surface area contributed by atoms with Crippen molar-refractivity contribution in [2.75, 3.05) is 0 Å². The Morgan fingerprint density at radius 1 is 1.58 bits per heavy atom. The molecule has 63 valence electrons. The minimum Gasteiger partial charge on any atom is -0.300 e. The van der Waals surface area contributed by atoms with Crippen molar-refractivity contribution < 1.29 is 9.90 Å². The van der Waals surface area contributed by atoms with Crippen LogP contribution in [-0.2, 0) is 22.9 Å². The Labute approximate surface area is 71.1 Å². The van der Waals surface area contributed by atoms with Crippen LogP contribution in [0.4, 0.5) is 0 Å². The lowest BCUT2D eigenvalue weighted by Gasteiger charge is -2.01. The fraction of sp³-hybridized carbons (Fsp3) is 0.333. The van der Waals surface area contributed by atoms with E-state index in [1.165, 1.54) is 6.92 Å². The molecule has 0 saturated carbocycles. The number of hydrogen-bond acceptors (Lipinski definition) is 2. The summed E-state index contributed by atoms with van der Waals surface area (Å²) in [5.74, 6) is 0.0309. The molecule has 3 heteroatoms. The summed E-state index contributed by atoms with van der Waals surface area (Å²) in [5.41, 5.74) is 1.23. The molecule has 1 radical (unpaired) electrons. The van der Waals surface area contributed by atoms with Crippen LogP contribution in [0.25, 0.3) is 0 Å². The van der Waals surface area contributed by atoms with E-state index in [4.69, 9.17) is 0 Å². The quantitative estimate of drug-likeness (QED) is 0.672. The Kier molecular flexibility index (Phi) is 2.94. The minimum absolute atomic E-state index is 0.0309. The van der Waals surface area contributed by atoms with Crippen molar-refractivity contribution >= 4 is 5.78 Å². The van der Waals surface area contributed by atoms with Gasteiger partial charge in [-0.2, -0.15) is 0 Å². The molecule has 1 rings (SSSR count). The second kappa shape index (κ2) is 3.97. The number of pyridine rings is 1. The summed E-state index contributed by atoms with van der Waals surface area (Å²) in [4.78, 5) is 14.7. The van der Waals surface area contributed by atoms with E-state index < -0.39 is 0 Å². The first-order chi connectivity index (χ1) is 5.74. The lowest BCUT2D eigenvalue weighted by atomic mass is 10.1. The van der Waals surface area contributed by atoms with Crippen molar-refractivity contribution in [3.63, 3.8) is 0 Å². The summed E-state index contributed by atoms with van der Waals surface area (Å²) < 4.78 is 0. The summed E-state index contributed by atoms with van der Waals surface area (Å²) in [6.07, 6.45) is 1.86. The van der Waals surface area contributed by atoms with Crippen molar-refractivity contribution in [2.24, 2.45) is 0 Å². The number of carbonyl (C=O) groups is 1. The number of ketones is 1. The van der Waals surface area contributed by atoms with E-state index >= 15 is 0 Å². The van der Waals surface area contributed by atoms with Crippen LogP contribution >= 0.6 is 0 Å². The molecule has 0 aliphatic rings. The van der Waals surface area contributed by atoms with Gasteiger partial charge in [0.05, 0.1) is 5.69 Å². The van der Waals surface area contributed by atoms with Gasteiger partial charge in [-0.3, -0.25) is 9.78 Å². The van der Waals surface area contributed by atoms with E-state index in [2.05, 4.69) is 4.98 Å². The van der Waals surface area contributed by atoms with Crippen LogP contribution < -0.4 is 0 Å². The van der Waals surface area contributed by atoms with Gasteiger partial charge in [-0.05, 0) is 13.0 Å². The highest BCUT2D eigenvalue weighted by atomic mass is 16.3. The topological polar surface area (TPSA) is 49.9 Å². The fourth-order valence-electron chi connectivity index (χ4n) is 0.998. The average Bonchev–Trinajstić information content (AvgIpc) is 2.04. The largest absolute Gasteiger partial charge is 0.300 e. The van der Waals surface area contributed by atoms with E-state index in [-0.39, 0.29) is 18.8 Å². The van der Waals surface area contributed by atoms with E-state index in [1.807, 2.05) is 0 Å². The second-order valence-corrected chi connectivity index (χ2v) is 2.63. The van der Waals surface area contributed by atoms with Gasteiger partial charge in [0.25, 0.3) is 0 Å². The monoisotopic (exact) mass is 164 g/mol. The molecule has 0 aliphatic heterocycles. The molecular weight excluding hydrogens is 154 g/mol. The van der Waals surface area contributed by atoms with Crippen molar-refractivity contribution in [1.82, 2.24) is 4.98 Å². The maximum Gasteiger partial charge on any atom is 0.135 e. The van der Waals surface area contributed by atoms with E-state index in [0.29, 0.717) is 11.3 Å². The molecule has 0 amide bonds. The van der Waals surface area contributed by atoms with Crippen LogP contribution in [0.2, 0.25) is 0 Å². The summed E-state index contributed by atoms with van der Waals surface area (Å²) in [7, 11) is 0. The predicted octanol–water partition coefficient (Wildman–Crippen LogP) is 1.14. The highest BCUT2D eigenvalue weighted by Crippen LogP contribution is 2.06. The number of rotatable bonds is 3. The first-order valence-electron chi connectivity index (χ1n) is 3.74. The van der Waals surface area contributed by atoms with Crippen LogP contribution in [0.3, 0.4) is 0 Å². The van der Waals surface area contributed by atoms with Gasteiger partial charge in [0.1, 0.15) is 12.4 Å². The molecule has 0 atom stereocenters. The Morgan fingerprint density at radius 2 is 2.33 bits per heavy atom. The summed E-state index contributed by atoms with van der Waals surface area (Å²) in [6, 6.07) is 3.41. The first kappa shape index (κ1) is 8.87. The Bertz CT molecular complexity index is 284. The zero-order chi connectivity index (χ0) is 8.97. The fourth-order valence-corrected chi connectivity index (χ4v) is 0.998. The molecule has 12 heavy (non-hydrogen) atoms. The van der Waals surface area contributed by atoms with Gasteiger partial charge in [0, 0.05) is 18.2 Å². The first-order valence-corrected chi connectivity index (χ1v) is 3.74. The molecular formula is C9H10NO2. The zero-order valence-corrected chi connectivity index (χ0v) is 6.91. The van der Waals surface area contributed by atoms with E-state index in [0.717, 1.165) is 0 Å². The lowest BCUT2D eigenvalue weighted by Crippen LogP contribution is -2.02. The van der Waals surface area contributed by atoms with Gasteiger partial charge in [0.2, 0.25) is 0 Å². The molecule has 0 bridgehead atoms. The molecule has 0 spiro atoms. The van der Waals surface area contributed by atoms with Gasteiger partial charge in [-0.25, -0.2) is 5.11 Å². The summed E-state index contributed by atoms with van der Waals surface area (Å²) in [6.45, 7) is 1.18. The van der Waals surface area contributed by atoms with Gasteiger partial charge >= 0.3 is 0 Å². The SMILES string of the molecule is CC(=O)Cc1ncccc1C[O]. The minimum atomic E-state index is -0.309. The zero-order valence-electron chi connectivity index (χ0n) is 6.91. The molecule has 1 aromatic heterocycles. The predicted molar refractivity (Wildman–Crippen MR) is 43.0 cm³/mol. The molecule has 0 fully saturated rings. The van der Waals surface area contributed by atoms with Gasteiger partial charge in [0.15, 0.2) is 0 Å². The number of Topliss-reactive ketones (excluding diaryl/α,β-unsaturated/α-hetero) is 1. The van der Waals surface area contributed by atoms with E-state index in [9.17, 15) is 9.90 Å². The molecule has 0 aliphatic carbocycles. The van der Waals surface area contributed by atoms with Gasteiger partial charge in [-0.1, -0.05) is 6.07 Å². The standard InChI is InChI=1S/C9H10NO2/c1-7(12)5-9-8(6-11)3-2-4-10-9/h2-4H,5-6H2,1H3. The number of carbonyl (C=O) groups excluding carboxylic acids is 1. The average molecular weight is 164 g/mol. The van der Waals surface area contributed by atoms with Crippen LogP contribution in [0.15, 0.2) is 18.3 Å². The van der Waals surface area contributed by atoms with Crippen molar-refractivity contribution in [2.45, 2.75) is 20.0 Å². The van der Waals surface area contributed by atoms with E-state index in [1.54, 1.807) is 18.3 Å². The maximum atomic E-state index is 10.7. The van der Waals surface area contributed by atoms with Crippen molar-refractivity contribution in [1.29, 1.82) is 0 Å². The molecule has 1 aromatic rings. The Hall–Kier alpha value is -1.22. The van der Waals surface area contributed by atoms with Crippen molar-refractivity contribution in [3.8, 4) is 0 Å². The highest BCUT2D eigenvalue weighted by molar-refractivity contribution is 5.78. The lowest BCUT2D eigenvalue weighted by molar-refractivity contribution is -0.116. The third-order valence-electron chi connectivity index (χ3n) is 1.56. The normalized spacial score (nSPS) is 9.83. The molecule has 3 nitrogen and oxygen atoms in total. The highest BCUT2D eigenvalue weighted by Gasteiger charge is 2.04. The maximum absolute atomic E-state index is 10.7. The third-order valence-corrected chi connectivity index (χ3v) is 1.56. The molecule has 0 saturated heterocycles. The number of nitrogens with zero attached hydrogens (tertiary/aromatic N) is 1. The molecule has 1 heterocycles. The second-order valence-electron chi connectivity index (χ2n) is 2.63. The van der Waals surface area contributed by atoms with Crippen LogP contribution in [0.5, 0.6) is 0 Å². The van der Waals surface area contributed by atoms with Crippen LogP contribution in [-0.4, -0.2) is 10.8 Å². The van der Waals surface area contributed by atoms with Gasteiger partial charge < -0.3 is 0 Å². The molecule has 0 unspecified atom stereocenters. The summed E-state index contributed by atoms with van der Waals surface area (Å²) in [5, 5.41) is 10.6. The molecule has 0 N–H and O–H groups in total. The van der Waals surface area contributed by atoms with Crippen molar-refractivity contribution in [3.05, 3.63) is 29.6 Å². The third kappa shape index (κ3) is 2.13.